The van der Waals surface area contributed by atoms with Crippen LogP contribution in [0.15, 0.2) is 24.3 Å². The summed E-state index contributed by atoms with van der Waals surface area (Å²) in [5, 5.41) is 3.37. The Kier molecular flexibility index (Phi) is 4.54. The third-order valence-electron chi connectivity index (χ3n) is 3.74. The Morgan fingerprint density at radius 1 is 1.17 bits per heavy atom. The van der Waals surface area contributed by atoms with E-state index in [1.165, 1.54) is 18.4 Å². The molecule has 0 aliphatic carbocycles. The number of ketones is 1. The Balaban J connectivity index is 2.07. The van der Waals surface area contributed by atoms with Gasteiger partial charge in [0.15, 0.2) is 5.78 Å². The van der Waals surface area contributed by atoms with Crippen LogP contribution >= 0.6 is 0 Å². The highest BCUT2D eigenvalue weighted by atomic mass is 16.1. The molecule has 1 atom stereocenters. The van der Waals surface area contributed by atoms with Crippen molar-refractivity contribution >= 4 is 5.78 Å². The zero-order chi connectivity index (χ0) is 13.0. The number of carbonyl (C=O) groups excluding carboxylic acids is 1. The van der Waals surface area contributed by atoms with E-state index in [-0.39, 0.29) is 11.8 Å². The maximum atomic E-state index is 12.4. The number of nitrogens with one attached hydrogen (secondary N) is 1. The molecule has 1 unspecified atom stereocenters. The van der Waals surface area contributed by atoms with Crippen LogP contribution in [0.2, 0.25) is 0 Å². The van der Waals surface area contributed by atoms with Crippen LogP contribution in [-0.4, -0.2) is 18.4 Å². The molecule has 1 saturated heterocycles. The summed E-state index contributed by atoms with van der Waals surface area (Å²) in [4.78, 5) is 12.4. The Hall–Kier alpha value is -1.15. The summed E-state index contributed by atoms with van der Waals surface area (Å²) in [7, 11) is 0. The van der Waals surface area contributed by atoms with E-state index in [0.29, 0.717) is 5.92 Å². The lowest BCUT2D eigenvalue weighted by atomic mass is 9.96. The van der Waals surface area contributed by atoms with Gasteiger partial charge >= 0.3 is 0 Å². The smallest absolute Gasteiger partial charge is 0.179 e. The summed E-state index contributed by atoms with van der Waals surface area (Å²) >= 11 is 0. The quantitative estimate of drug-likeness (QED) is 0.825. The fraction of sp³-hybridized carbons (Fsp3) is 0.562. The number of Topliss-reactive ketones (excluding diaryl/α,β-unsaturated/α-hetero) is 1. The highest BCUT2D eigenvalue weighted by molar-refractivity contribution is 6.00. The van der Waals surface area contributed by atoms with Gasteiger partial charge in [0.2, 0.25) is 0 Å². The molecule has 18 heavy (non-hydrogen) atoms. The van der Waals surface area contributed by atoms with Crippen molar-refractivity contribution < 1.29 is 4.79 Å². The van der Waals surface area contributed by atoms with Crippen LogP contribution in [0.1, 0.15) is 61.4 Å². The van der Waals surface area contributed by atoms with E-state index in [4.69, 9.17) is 0 Å². The molecule has 2 nitrogen and oxygen atoms in total. The summed E-state index contributed by atoms with van der Waals surface area (Å²) in [6.45, 7) is 5.31. The highest BCUT2D eigenvalue weighted by Gasteiger charge is 2.20. The van der Waals surface area contributed by atoms with Gasteiger partial charge in [-0.05, 0) is 30.9 Å². The molecule has 98 valence electrons. The molecular weight excluding hydrogens is 222 g/mol. The number of carbonyl (C=O) groups is 1. The molecule has 0 bridgehead atoms. The normalized spacial score (nSPS) is 20.7. The molecular formula is C16H23NO. The molecule has 1 aliphatic rings. The van der Waals surface area contributed by atoms with Gasteiger partial charge in [0, 0.05) is 5.56 Å². The third-order valence-corrected chi connectivity index (χ3v) is 3.74. The van der Waals surface area contributed by atoms with Gasteiger partial charge in [0.05, 0.1) is 6.04 Å². The van der Waals surface area contributed by atoms with Crippen molar-refractivity contribution in [1.82, 2.24) is 5.32 Å². The first-order valence-corrected chi connectivity index (χ1v) is 7.06. The summed E-state index contributed by atoms with van der Waals surface area (Å²) in [5.41, 5.74) is 2.14. The number of hydrogen-bond donors (Lipinski definition) is 1. The molecule has 0 spiro atoms. The van der Waals surface area contributed by atoms with Crippen molar-refractivity contribution in [2.24, 2.45) is 0 Å². The van der Waals surface area contributed by atoms with Crippen molar-refractivity contribution in [3.8, 4) is 0 Å². The second-order valence-corrected chi connectivity index (χ2v) is 5.50. The number of benzene rings is 1. The van der Waals surface area contributed by atoms with Crippen molar-refractivity contribution in [2.75, 3.05) is 6.54 Å². The molecule has 1 heterocycles. The van der Waals surface area contributed by atoms with Crippen molar-refractivity contribution in [2.45, 2.75) is 51.5 Å². The zero-order valence-corrected chi connectivity index (χ0v) is 11.4. The van der Waals surface area contributed by atoms with Crippen LogP contribution in [0.4, 0.5) is 0 Å². The van der Waals surface area contributed by atoms with E-state index in [0.717, 1.165) is 24.9 Å². The minimum atomic E-state index is 0.0254. The summed E-state index contributed by atoms with van der Waals surface area (Å²) in [6, 6.07) is 8.13. The predicted octanol–water partition coefficient (Wildman–Crippen LogP) is 3.52. The topological polar surface area (TPSA) is 29.1 Å². The van der Waals surface area contributed by atoms with Gasteiger partial charge in [-0.1, -0.05) is 51.0 Å². The highest BCUT2D eigenvalue weighted by Crippen LogP contribution is 2.17. The van der Waals surface area contributed by atoms with Crippen LogP contribution in [-0.2, 0) is 0 Å². The van der Waals surface area contributed by atoms with Gasteiger partial charge < -0.3 is 5.32 Å². The van der Waals surface area contributed by atoms with Gasteiger partial charge in [0.25, 0.3) is 0 Å². The van der Waals surface area contributed by atoms with Crippen LogP contribution in [0.3, 0.4) is 0 Å². The molecule has 0 amide bonds. The van der Waals surface area contributed by atoms with E-state index in [1.54, 1.807) is 0 Å². The first-order chi connectivity index (χ1) is 8.68. The minimum Gasteiger partial charge on any atom is -0.307 e. The second kappa shape index (κ2) is 6.14. The SMILES string of the molecule is CC(C)c1ccc(C(=O)C2CCCCCN2)cc1. The monoisotopic (exact) mass is 245 g/mol. The average Bonchev–Trinajstić information content (AvgIpc) is 2.67. The molecule has 1 N–H and O–H groups in total. The molecule has 2 heteroatoms. The van der Waals surface area contributed by atoms with Crippen LogP contribution < -0.4 is 5.32 Å². The summed E-state index contributed by atoms with van der Waals surface area (Å²) in [6.07, 6.45) is 4.57. The summed E-state index contributed by atoms with van der Waals surface area (Å²) < 4.78 is 0. The van der Waals surface area contributed by atoms with Gasteiger partial charge in [-0.2, -0.15) is 0 Å². The first-order valence-electron chi connectivity index (χ1n) is 7.06. The fourth-order valence-electron chi connectivity index (χ4n) is 2.49. The number of hydrogen-bond acceptors (Lipinski definition) is 2. The Morgan fingerprint density at radius 2 is 1.89 bits per heavy atom. The van der Waals surface area contributed by atoms with Gasteiger partial charge in [0.1, 0.15) is 0 Å². The maximum Gasteiger partial charge on any atom is 0.179 e. The van der Waals surface area contributed by atoms with Crippen LogP contribution in [0, 0.1) is 0 Å². The zero-order valence-electron chi connectivity index (χ0n) is 11.4. The van der Waals surface area contributed by atoms with E-state index in [2.05, 4.69) is 31.3 Å². The Bertz CT molecular complexity index is 386. The standard InChI is InChI=1S/C16H23NO/c1-12(2)13-7-9-14(10-8-13)16(18)15-6-4-3-5-11-17-15/h7-10,12,15,17H,3-6,11H2,1-2H3. The lowest BCUT2D eigenvalue weighted by molar-refractivity contribution is 0.0940. The third kappa shape index (κ3) is 3.20. The molecule has 0 radical (unpaired) electrons. The van der Waals surface area contributed by atoms with Crippen molar-refractivity contribution in [3.05, 3.63) is 35.4 Å². The van der Waals surface area contributed by atoms with E-state index < -0.39 is 0 Å². The second-order valence-electron chi connectivity index (χ2n) is 5.50. The molecule has 1 fully saturated rings. The van der Waals surface area contributed by atoms with E-state index >= 15 is 0 Å². The first kappa shape index (κ1) is 13.3. The van der Waals surface area contributed by atoms with Gasteiger partial charge in [-0.3, -0.25) is 4.79 Å². The van der Waals surface area contributed by atoms with Crippen molar-refractivity contribution in [3.63, 3.8) is 0 Å². The fourth-order valence-corrected chi connectivity index (χ4v) is 2.49. The minimum absolute atomic E-state index is 0.0254. The van der Waals surface area contributed by atoms with Crippen LogP contribution in [0.25, 0.3) is 0 Å². The predicted molar refractivity (Wildman–Crippen MR) is 75.1 cm³/mol. The van der Waals surface area contributed by atoms with E-state index in [1.807, 2.05) is 12.1 Å². The summed E-state index contributed by atoms with van der Waals surface area (Å²) in [5.74, 6) is 0.775. The van der Waals surface area contributed by atoms with Gasteiger partial charge in [-0.15, -0.1) is 0 Å². The maximum absolute atomic E-state index is 12.4. The largest absolute Gasteiger partial charge is 0.307 e. The average molecular weight is 245 g/mol. The van der Waals surface area contributed by atoms with Crippen molar-refractivity contribution in [1.29, 1.82) is 0 Å². The Labute approximate surface area is 110 Å². The molecule has 0 saturated carbocycles. The van der Waals surface area contributed by atoms with E-state index in [9.17, 15) is 4.79 Å². The molecule has 0 aromatic heterocycles. The lowest BCUT2D eigenvalue weighted by Gasteiger charge is -2.15. The van der Waals surface area contributed by atoms with Gasteiger partial charge in [-0.25, -0.2) is 0 Å². The Morgan fingerprint density at radius 3 is 2.56 bits per heavy atom. The molecule has 2 rings (SSSR count). The molecule has 1 aromatic carbocycles. The lowest BCUT2D eigenvalue weighted by Crippen LogP contribution is -2.36. The van der Waals surface area contributed by atoms with Crippen LogP contribution in [0.5, 0.6) is 0 Å². The molecule has 1 aliphatic heterocycles. The molecule has 1 aromatic rings. The number of rotatable bonds is 3.